The first-order valence-electron chi connectivity index (χ1n) is 12.4. The highest BCUT2D eigenvalue weighted by atomic mass is 16.5. The number of benzene rings is 1. The van der Waals surface area contributed by atoms with E-state index < -0.39 is 0 Å². The highest BCUT2D eigenvalue weighted by Gasteiger charge is 2.50. The minimum Gasteiger partial charge on any atom is -0.439 e. The van der Waals surface area contributed by atoms with Crippen LogP contribution in [0.2, 0.25) is 0 Å². The van der Waals surface area contributed by atoms with Gasteiger partial charge in [0.2, 0.25) is 5.88 Å². The normalized spacial score (nSPS) is 15.4. The van der Waals surface area contributed by atoms with Gasteiger partial charge in [0.25, 0.3) is 5.91 Å². The molecule has 0 radical (unpaired) electrons. The van der Waals surface area contributed by atoms with Crippen molar-refractivity contribution in [2.75, 3.05) is 12.3 Å². The first-order chi connectivity index (χ1) is 18.0. The standard InChI is InChI=1S/C17H14N6O.C11H15NO/c1-10-2-7-13(19-8-10)24-12-5-3-11(4-6-12)15-14-16(18)20-9-21-17(14)23-22-15;1-2-5-10(13)12-9-4-3-6-11(12)7-8-11/h2-9H,1H3,(H3,18,20,21,22,23);3-4,6-9H2,1H3. The van der Waals surface area contributed by atoms with Crippen molar-refractivity contribution in [3.05, 3.63) is 54.5 Å². The fourth-order valence-corrected chi connectivity index (χ4v) is 4.66. The van der Waals surface area contributed by atoms with Gasteiger partial charge in [0.05, 0.1) is 11.1 Å². The number of nitrogen functional groups attached to an aromatic ring is 1. The third kappa shape index (κ3) is 5.23. The number of H-pyrrole nitrogens is 1. The number of amides is 1. The predicted molar refractivity (Wildman–Crippen MR) is 142 cm³/mol. The Morgan fingerprint density at radius 2 is 1.89 bits per heavy atom. The number of nitrogens with zero attached hydrogens (tertiary/aromatic N) is 5. The van der Waals surface area contributed by atoms with Gasteiger partial charge in [0.1, 0.15) is 17.9 Å². The molecule has 37 heavy (non-hydrogen) atoms. The van der Waals surface area contributed by atoms with Crippen molar-refractivity contribution in [1.82, 2.24) is 30.0 Å². The monoisotopic (exact) mass is 495 g/mol. The summed E-state index contributed by atoms with van der Waals surface area (Å²) in [5, 5.41) is 7.83. The molecule has 1 aromatic carbocycles. The van der Waals surface area contributed by atoms with E-state index in [-0.39, 0.29) is 11.4 Å². The summed E-state index contributed by atoms with van der Waals surface area (Å²) >= 11 is 0. The number of rotatable bonds is 3. The van der Waals surface area contributed by atoms with Crippen molar-refractivity contribution in [3.63, 3.8) is 0 Å². The van der Waals surface area contributed by atoms with Gasteiger partial charge in [0.15, 0.2) is 5.65 Å². The SMILES string of the molecule is CC#CC(=O)N1CCCCC12CC2.Cc1ccc(Oc2ccc(-c3[nH]nc4ncnc(N)c34)cc2)nc1. The maximum absolute atomic E-state index is 11.6. The fourth-order valence-electron chi connectivity index (χ4n) is 4.66. The number of nitrogens with one attached hydrogen (secondary N) is 1. The number of ether oxygens (including phenoxy) is 1. The van der Waals surface area contributed by atoms with Crippen molar-refractivity contribution in [1.29, 1.82) is 0 Å². The molecule has 6 rings (SSSR count). The van der Waals surface area contributed by atoms with E-state index in [9.17, 15) is 4.79 Å². The summed E-state index contributed by atoms with van der Waals surface area (Å²) in [4.78, 5) is 26.0. The van der Waals surface area contributed by atoms with Gasteiger partial charge < -0.3 is 15.4 Å². The zero-order valence-electron chi connectivity index (χ0n) is 21.0. The number of pyridine rings is 1. The molecular formula is C28H29N7O2. The largest absolute Gasteiger partial charge is 0.439 e. The number of likely N-dealkylation sites (tertiary alicyclic amines) is 1. The molecule has 0 bridgehead atoms. The fraction of sp³-hybridized carbons (Fsp3) is 0.321. The number of nitrogens with two attached hydrogens (primary N) is 1. The van der Waals surface area contributed by atoms with E-state index in [2.05, 4.69) is 37.0 Å². The Balaban J connectivity index is 0.000000182. The molecule has 188 valence electrons. The van der Waals surface area contributed by atoms with Crippen molar-refractivity contribution >= 4 is 22.8 Å². The van der Waals surface area contributed by atoms with E-state index in [1.54, 1.807) is 13.1 Å². The van der Waals surface area contributed by atoms with Crippen molar-refractivity contribution in [2.24, 2.45) is 0 Å². The van der Waals surface area contributed by atoms with E-state index in [1.165, 1.54) is 32.0 Å². The lowest BCUT2D eigenvalue weighted by molar-refractivity contribution is -0.129. The van der Waals surface area contributed by atoms with Crippen LogP contribution in [0.5, 0.6) is 11.6 Å². The van der Waals surface area contributed by atoms with Crippen LogP contribution in [-0.2, 0) is 4.79 Å². The number of hydrogen-bond acceptors (Lipinski definition) is 7. The number of aromatic nitrogens is 5. The van der Waals surface area contributed by atoms with Crippen LogP contribution in [-0.4, -0.2) is 48.0 Å². The average Bonchev–Trinajstić information content (AvgIpc) is 3.52. The van der Waals surface area contributed by atoms with Crippen molar-refractivity contribution in [2.45, 2.75) is 51.5 Å². The molecule has 0 atom stereocenters. The summed E-state index contributed by atoms with van der Waals surface area (Å²) in [5.74, 6) is 7.03. The molecule has 4 aromatic rings. The molecule has 1 amide bonds. The smallest absolute Gasteiger partial charge is 0.298 e. The zero-order chi connectivity index (χ0) is 25.8. The molecule has 1 aliphatic heterocycles. The van der Waals surface area contributed by atoms with E-state index in [0.717, 1.165) is 29.8 Å². The third-order valence-electron chi connectivity index (χ3n) is 6.78. The minimum atomic E-state index is 0.0414. The molecule has 3 N–H and O–H groups in total. The third-order valence-corrected chi connectivity index (χ3v) is 6.78. The first-order valence-corrected chi connectivity index (χ1v) is 12.4. The highest BCUT2D eigenvalue weighted by Crippen LogP contribution is 2.48. The van der Waals surface area contributed by atoms with Crippen LogP contribution in [0.25, 0.3) is 22.3 Å². The molecule has 4 heterocycles. The van der Waals surface area contributed by atoms with Crippen LogP contribution in [0, 0.1) is 18.8 Å². The number of carbonyl (C=O) groups is 1. The quantitative estimate of drug-likeness (QED) is 0.397. The Labute approximate surface area is 215 Å². The second kappa shape index (κ2) is 10.3. The Bertz CT molecular complexity index is 1460. The number of aromatic amines is 1. The predicted octanol–water partition coefficient (Wildman–Crippen LogP) is 4.65. The summed E-state index contributed by atoms with van der Waals surface area (Å²) in [5.41, 5.74) is 9.52. The lowest BCUT2D eigenvalue weighted by atomic mass is 10.00. The summed E-state index contributed by atoms with van der Waals surface area (Å²) in [7, 11) is 0. The van der Waals surface area contributed by atoms with E-state index >= 15 is 0 Å². The maximum Gasteiger partial charge on any atom is 0.298 e. The number of carbonyl (C=O) groups excluding carboxylic acids is 1. The molecule has 9 nitrogen and oxygen atoms in total. The second-order valence-electron chi connectivity index (χ2n) is 9.37. The van der Waals surface area contributed by atoms with E-state index in [0.29, 0.717) is 28.5 Å². The summed E-state index contributed by atoms with van der Waals surface area (Å²) in [6.07, 6.45) is 9.19. The van der Waals surface area contributed by atoms with Gasteiger partial charge in [-0.15, -0.1) is 0 Å². The Morgan fingerprint density at radius 3 is 2.59 bits per heavy atom. The highest BCUT2D eigenvalue weighted by molar-refractivity contribution is 5.97. The first kappa shape index (κ1) is 24.3. The van der Waals surface area contributed by atoms with E-state index in [4.69, 9.17) is 10.5 Å². The number of anilines is 1. The van der Waals surface area contributed by atoms with Crippen LogP contribution in [0.3, 0.4) is 0 Å². The van der Waals surface area contributed by atoms with Crippen LogP contribution in [0.1, 0.15) is 44.6 Å². The lowest BCUT2D eigenvalue weighted by Crippen LogP contribution is -2.44. The lowest BCUT2D eigenvalue weighted by Gasteiger charge is -2.34. The molecule has 0 unspecified atom stereocenters. The van der Waals surface area contributed by atoms with Gasteiger partial charge in [-0.05, 0) is 81.7 Å². The van der Waals surface area contributed by atoms with Gasteiger partial charge in [-0.1, -0.05) is 12.0 Å². The van der Waals surface area contributed by atoms with E-state index in [1.807, 2.05) is 48.2 Å². The maximum atomic E-state index is 11.6. The van der Waals surface area contributed by atoms with Crippen LogP contribution in [0.4, 0.5) is 5.82 Å². The van der Waals surface area contributed by atoms with Gasteiger partial charge in [-0.3, -0.25) is 9.89 Å². The summed E-state index contributed by atoms with van der Waals surface area (Å²) in [6.45, 7) is 4.63. The molecule has 1 aliphatic carbocycles. The summed E-state index contributed by atoms with van der Waals surface area (Å²) in [6, 6.07) is 11.4. The van der Waals surface area contributed by atoms with Gasteiger partial charge in [-0.25, -0.2) is 15.0 Å². The molecule has 2 fully saturated rings. The van der Waals surface area contributed by atoms with Crippen LogP contribution < -0.4 is 10.5 Å². The zero-order valence-corrected chi connectivity index (χ0v) is 21.0. The van der Waals surface area contributed by atoms with Gasteiger partial charge >= 0.3 is 0 Å². The second-order valence-corrected chi connectivity index (χ2v) is 9.37. The number of hydrogen-bond donors (Lipinski definition) is 2. The molecule has 1 saturated heterocycles. The number of piperidine rings is 1. The Kier molecular flexibility index (Phi) is 6.73. The molecule has 2 aliphatic rings. The van der Waals surface area contributed by atoms with Gasteiger partial charge in [0, 0.05) is 29.9 Å². The number of aryl methyl sites for hydroxylation is 1. The Hall–Kier alpha value is -4.45. The summed E-state index contributed by atoms with van der Waals surface area (Å²) < 4.78 is 5.73. The molecule has 1 spiro atoms. The Morgan fingerprint density at radius 1 is 1.08 bits per heavy atom. The van der Waals surface area contributed by atoms with Crippen molar-refractivity contribution in [3.8, 4) is 34.7 Å². The number of fused-ring (bicyclic) bond motifs is 1. The van der Waals surface area contributed by atoms with Crippen LogP contribution >= 0.6 is 0 Å². The van der Waals surface area contributed by atoms with Crippen LogP contribution in [0.15, 0.2) is 48.9 Å². The molecule has 3 aromatic heterocycles. The van der Waals surface area contributed by atoms with Crippen molar-refractivity contribution < 1.29 is 9.53 Å². The average molecular weight is 496 g/mol. The minimum absolute atomic E-state index is 0.0414. The topological polar surface area (TPSA) is 123 Å². The molecule has 9 heteroatoms. The molecule has 1 saturated carbocycles. The molecular weight excluding hydrogens is 466 g/mol. The van der Waals surface area contributed by atoms with Gasteiger partial charge in [-0.2, -0.15) is 5.10 Å².